The minimum atomic E-state index is 0.161. The van der Waals surface area contributed by atoms with Crippen LogP contribution in [-0.4, -0.2) is 17.1 Å². The zero-order chi connectivity index (χ0) is 21.0. The van der Waals surface area contributed by atoms with E-state index in [1.54, 1.807) is 18.9 Å². The van der Waals surface area contributed by atoms with Crippen molar-refractivity contribution in [3.63, 3.8) is 0 Å². The number of hydrogen-bond donors (Lipinski definition) is 0. The molecular weight excluding hydrogens is 380 g/mol. The highest BCUT2D eigenvalue weighted by molar-refractivity contribution is 7.98. The van der Waals surface area contributed by atoms with Crippen LogP contribution in [0.25, 0.3) is 0 Å². The van der Waals surface area contributed by atoms with Crippen LogP contribution in [-0.2, 0) is 11.2 Å². The molecule has 1 heterocycles. The molecule has 0 amide bonds. The van der Waals surface area contributed by atoms with Crippen molar-refractivity contribution >= 4 is 11.8 Å². The third-order valence-corrected chi connectivity index (χ3v) is 5.45. The van der Waals surface area contributed by atoms with Crippen LogP contribution in [0.15, 0.2) is 53.7 Å². The SMILES string of the molecule is COc1cc(C)ccc1Oc1cc(C)nc(SCc2ccc(C(C)(C)C)cc2)n1. The van der Waals surface area contributed by atoms with Crippen molar-refractivity contribution < 1.29 is 9.47 Å². The fraction of sp³-hybridized carbons (Fsp3) is 0.333. The minimum absolute atomic E-state index is 0.161. The molecule has 0 aliphatic carbocycles. The average Bonchev–Trinajstić information content (AvgIpc) is 2.67. The van der Waals surface area contributed by atoms with Gasteiger partial charge in [-0.05, 0) is 48.1 Å². The molecule has 29 heavy (non-hydrogen) atoms. The predicted octanol–water partition coefficient (Wildman–Crippen LogP) is 6.48. The third-order valence-electron chi connectivity index (χ3n) is 4.53. The highest BCUT2D eigenvalue weighted by atomic mass is 32.2. The zero-order valence-corrected chi connectivity index (χ0v) is 18.8. The maximum Gasteiger partial charge on any atom is 0.223 e. The van der Waals surface area contributed by atoms with Crippen molar-refractivity contribution in [2.45, 2.75) is 50.9 Å². The lowest BCUT2D eigenvalue weighted by Crippen LogP contribution is -2.10. The van der Waals surface area contributed by atoms with E-state index in [9.17, 15) is 0 Å². The highest BCUT2D eigenvalue weighted by Gasteiger charge is 2.13. The van der Waals surface area contributed by atoms with Crippen LogP contribution in [0.4, 0.5) is 0 Å². The second-order valence-electron chi connectivity index (χ2n) is 8.12. The largest absolute Gasteiger partial charge is 0.493 e. The number of rotatable bonds is 6. The van der Waals surface area contributed by atoms with Crippen molar-refractivity contribution in [3.05, 3.63) is 70.9 Å². The molecule has 0 spiro atoms. The summed E-state index contributed by atoms with van der Waals surface area (Å²) < 4.78 is 11.4. The van der Waals surface area contributed by atoms with E-state index < -0.39 is 0 Å². The first-order chi connectivity index (χ1) is 13.7. The molecule has 2 aromatic carbocycles. The Bertz CT molecular complexity index is 979. The van der Waals surface area contributed by atoms with Gasteiger partial charge in [0.25, 0.3) is 0 Å². The van der Waals surface area contributed by atoms with E-state index in [0.717, 1.165) is 17.0 Å². The summed E-state index contributed by atoms with van der Waals surface area (Å²) >= 11 is 1.60. The predicted molar refractivity (Wildman–Crippen MR) is 119 cm³/mol. The maximum atomic E-state index is 5.99. The van der Waals surface area contributed by atoms with Gasteiger partial charge < -0.3 is 9.47 Å². The van der Waals surface area contributed by atoms with Gasteiger partial charge in [-0.15, -0.1) is 0 Å². The van der Waals surface area contributed by atoms with E-state index in [-0.39, 0.29) is 5.41 Å². The normalized spacial score (nSPS) is 11.4. The summed E-state index contributed by atoms with van der Waals surface area (Å²) in [6.07, 6.45) is 0. The molecule has 0 fully saturated rings. The first-order valence-corrected chi connectivity index (χ1v) is 10.6. The molecule has 0 unspecified atom stereocenters. The molecule has 0 saturated carbocycles. The summed E-state index contributed by atoms with van der Waals surface area (Å²) in [5.74, 6) is 2.66. The van der Waals surface area contributed by atoms with Crippen LogP contribution in [0, 0.1) is 13.8 Å². The summed E-state index contributed by atoms with van der Waals surface area (Å²) in [6.45, 7) is 10.6. The summed E-state index contributed by atoms with van der Waals surface area (Å²) in [5, 5.41) is 0.700. The zero-order valence-electron chi connectivity index (χ0n) is 17.9. The lowest BCUT2D eigenvalue weighted by Gasteiger charge is -2.19. The van der Waals surface area contributed by atoms with Gasteiger partial charge in [0.1, 0.15) is 0 Å². The van der Waals surface area contributed by atoms with Gasteiger partial charge in [-0.2, -0.15) is 4.98 Å². The van der Waals surface area contributed by atoms with Gasteiger partial charge in [0.05, 0.1) is 7.11 Å². The molecule has 0 radical (unpaired) electrons. The van der Waals surface area contributed by atoms with E-state index in [1.807, 2.05) is 38.1 Å². The molecule has 0 aliphatic rings. The van der Waals surface area contributed by atoms with E-state index in [4.69, 9.17) is 9.47 Å². The fourth-order valence-corrected chi connectivity index (χ4v) is 3.70. The van der Waals surface area contributed by atoms with Crippen LogP contribution in [0.5, 0.6) is 17.4 Å². The number of hydrogen-bond acceptors (Lipinski definition) is 5. The molecular formula is C24H28N2O2S. The molecule has 3 rings (SSSR count). The Labute approximate surface area is 177 Å². The molecule has 0 bridgehead atoms. The number of nitrogens with zero attached hydrogens (tertiary/aromatic N) is 2. The van der Waals surface area contributed by atoms with E-state index in [0.29, 0.717) is 22.5 Å². The standard InChI is InChI=1S/C24H28N2O2S/c1-16-7-12-20(21(13-16)27-6)28-22-14-17(2)25-23(26-22)29-15-18-8-10-19(11-9-18)24(3,4)5/h7-14H,15H2,1-6H3. The Morgan fingerprint density at radius 3 is 2.28 bits per heavy atom. The molecule has 3 aromatic rings. The number of methoxy groups -OCH3 is 1. The third kappa shape index (κ3) is 5.73. The first kappa shape index (κ1) is 21.2. The molecule has 0 saturated heterocycles. The lowest BCUT2D eigenvalue weighted by molar-refractivity contribution is 0.372. The van der Waals surface area contributed by atoms with Crippen molar-refractivity contribution in [3.8, 4) is 17.4 Å². The van der Waals surface area contributed by atoms with Crippen molar-refractivity contribution in [1.29, 1.82) is 0 Å². The van der Waals surface area contributed by atoms with Crippen LogP contribution in [0.2, 0.25) is 0 Å². The second kappa shape index (κ2) is 8.87. The van der Waals surface area contributed by atoms with Crippen LogP contribution in [0.3, 0.4) is 0 Å². The van der Waals surface area contributed by atoms with Gasteiger partial charge in [-0.1, -0.05) is 62.9 Å². The Kier molecular flexibility index (Phi) is 6.48. The minimum Gasteiger partial charge on any atom is -0.493 e. The van der Waals surface area contributed by atoms with Crippen LogP contribution in [0.1, 0.15) is 43.2 Å². The van der Waals surface area contributed by atoms with E-state index >= 15 is 0 Å². The van der Waals surface area contributed by atoms with Crippen molar-refractivity contribution in [2.75, 3.05) is 7.11 Å². The van der Waals surface area contributed by atoms with Gasteiger partial charge in [-0.25, -0.2) is 4.98 Å². The average molecular weight is 409 g/mol. The monoisotopic (exact) mass is 408 g/mol. The molecule has 0 N–H and O–H groups in total. The Morgan fingerprint density at radius 2 is 1.62 bits per heavy atom. The number of thioether (sulfide) groups is 1. The fourth-order valence-electron chi connectivity index (χ4n) is 2.85. The van der Waals surface area contributed by atoms with Gasteiger partial charge in [0.2, 0.25) is 5.88 Å². The van der Waals surface area contributed by atoms with Gasteiger partial charge in [0, 0.05) is 17.5 Å². The number of benzene rings is 2. The van der Waals surface area contributed by atoms with Crippen LogP contribution < -0.4 is 9.47 Å². The van der Waals surface area contributed by atoms with E-state index in [1.165, 1.54) is 11.1 Å². The maximum absolute atomic E-state index is 5.99. The van der Waals surface area contributed by atoms with Crippen LogP contribution >= 0.6 is 11.8 Å². The number of aromatic nitrogens is 2. The molecule has 1 aromatic heterocycles. The Morgan fingerprint density at radius 1 is 0.897 bits per heavy atom. The second-order valence-corrected chi connectivity index (χ2v) is 9.06. The molecule has 4 nitrogen and oxygen atoms in total. The Hall–Kier alpha value is -2.53. The number of ether oxygens (including phenoxy) is 2. The van der Waals surface area contributed by atoms with Gasteiger partial charge in [0.15, 0.2) is 16.7 Å². The van der Waals surface area contributed by atoms with Gasteiger partial charge >= 0.3 is 0 Å². The van der Waals surface area contributed by atoms with Crippen molar-refractivity contribution in [1.82, 2.24) is 9.97 Å². The number of aryl methyl sites for hydroxylation is 2. The molecule has 152 valence electrons. The topological polar surface area (TPSA) is 44.2 Å². The molecule has 5 heteroatoms. The molecule has 0 aliphatic heterocycles. The molecule has 0 atom stereocenters. The summed E-state index contributed by atoms with van der Waals surface area (Å²) in [7, 11) is 1.64. The highest BCUT2D eigenvalue weighted by Crippen LogP contribution is 2.32. The summed E-state index contributed by atoms with van der Waals surface area (Å²) in [4.78, 5) is 9.12. The Balaban J connectivity index is 1.72. The summed E-state index contributed by atoms with van der Waals surface area (Å²) in [6, 6.07) is 16.4. The first-order valence-electron chi connectivity index (χ1n) is 9.65. The van der Waals surface area contributed by atoms with Crippen molar-refractivity contribution in [2.24, 2.45) is 0 Å². The quantitative estimate of drug-likeness (QED) is 0.345. The van der Waals surface area contributed by atoms with E-state index in [2.05, 4.69) is 55.0 Å². The smallest absolute Gasteiger partial charge is 0.223 e. The van der Waals surface area contributed by atoms with Gasteiger partial charge in [-0.3, -0.25) is 0 Å². The lowest BCUT2D eigenvalue weighted by atomic mass is 9.87. The summed E-state index contributed by atoms with van der Waals surface area (Å²) in [5.41, 5.74) is 4.72.